The fourth-order valence-electron chi connectivity index (χ4n) is 4.54. The van der Waals surface area contributed by atoms with E-state index in [9.17, 15) is 4.79 Å². The molecule has 0 aromatic carbocycles. The van der Waals surface area contributed by atoms with Gasteiger partial charge >= 0.3 is 0 Å². The van der Waals surface area contributed by atoms with Gasteiger partial charge in [-0.25, -0.2) is 9.97 Å². The minimum Gasteiger partial charge on any atom is -0.353 e. The molecule has 1 aromatic rings. The summed E-state index contributed by atoms with van der Waals surface area (Å²) in [6, 6.07) is 1.11. The van der Waals surface area contributed by atoms with Gasteiger partial charge in [0, 0.05) is 49.0 Å². The summed E-state index contributed by atoms with van der Waals surface area (Å²) in [6.45, 7) is 9.53. The Kier molecular flexibility index (Phi) is 6.26. The summed E-state index contributed by atoms with van der Waals surface area (Å²) in [4.78, 5) is 26.6. The maximum absolute atomic E-state index is 12.4. The molecule has 4 rings (SSSR count). The first-order valence-electron chi connectivity index (χ1n) is 11.2. The van der Waals surface area contributed by atoms with Gasteiger partial charge < -0.3 is 5.32 Å². The van der Waals surface area contributed by atoms with Gasteiger partial charge in [-0.1, -0.05) is 13.8 Å². The molecule has 0 bridgehead atoms. The van der Waals surface area contributed by atoms with Crippen LogP contribution in [0.25, 0.3) is 0 Å². The van der Waals surface area contributed by atoms with Crippen molar-refractivity contribution in [1.29, 1.82) is 0 Å². The molecule has 3 heterocycles. The lowest BCUT2D eigenvalue weighted by atomic mass is 9.93. The second kappa shape index (κ2) is 8.87. The third-order valence-electron chi connectivity index (χ3n) is 6.47. The van der Waals surface area contributed by atoms with Gasteiger partial charge in [-0.15, -0.1) is 0 Å². The summed E-state index contributed by atoms with van der Waals surface area (Å²) in [7, 11) is 0. The lowest BCUT2D eigenvalue weighted by Gasteiger charge is -2.42. The van der Waals surface area contributed by atoms with Crippen LogP contribution in [0, 0.1) is 5.92 Å². The summed E-state index contributed by atoms with van der Waals surface area (Å²) in [5.41, 5.74) is 1.21. The number of likely N-dealkylation sites (tertiary alicyclic amines) is 2. The molecule has 2 saturated heterocycles. The molecule has 1 amide bonds. The predicted molar refractivity (Wildman–Crippen MR) is 110 cm³/mol. The van der Waals surface area contributed by atoms with Crippen molar-refractivity contribution < 1.29 is 4.79 Å². The van der Waals surface area contributed by atoms with E-state index in [2.05, 4.69) is 38.9 Å². The van der Waals surface area contributed by atoms with Crippen LogP contribution in [0.2, 0.25) is 0 Å². The number of aromatic nitrogens is 2. The smallest absolute Gasteiger partial charge is 0.224 e. The van der Waals surface area contributed by atoms with E-state index in [4.69, 9.17) is 0 Å². The number of carbonyl (C=O) groups excluding carboxylic acids is 1. The number of hydrogen-bond acceptors (Lipinski definition) is 5. The highest BCUT2D eigenvalue weighted by molar-refractivity contribution is 5.79. The number of nitrogens with zero attached hydrogens (tertiary/aromatic N) is 4. The van der Waals surface area contributed by atoms with Crippen molar-refractivity contribution in [3.05, 3.63) is 23.8 Å². The summed E-state index contributed by atoms with van der Waals surface area (Å²) < 4.78 is 0. The molecule has 3 aliphatic rings. The van der Waals surface area contributed by atoms with Gasteiger partial charge in [-0.3, -0.25) is 14.6 Å². The molecule has 0 radical (unpaired) electrons. The third-order valence-corrected chi connectivity index (χ3v) is 6.47. The maximum atomic E-state index is 12.4. The highest BCUT2D eigenvalue weighted by Gasteiger charge is 2.33. The van der Waals surface area contributed by atoms with Crippen LogP contribution in [0.15, 0.2) is 12.4 Å². The zero-order valence-electron chi connectivity index (χ0n) is 17.4. The molecule has 28 heavy (non-hydrogen) atoms. The second-order valence-corrected chi connectivity index (χ2v) is 9.23. The Morgan fingerprint density at radius 1 is 1.11 bits per heavy atom. The molecule has 1 atom stereocenters. The van der Waals surface area contributed by atoms with Crippen molar-refractivity contribution in [3.63, 3.8) is 0 Å². The molecule has 154 valence electrons. The molecule has 1 N–H and O–H groups in total. The Hall–Kier alpha value is -1.53. The highest BCUT2D eigenvalue weighted by atomic mass is 16.2. The highest BCUT2D eigenvalue weighted by Crippen LogP contribution is 2.26. The van der Waals surface area contributed by atoms with Crippen LogP contribution in [-0.2, 0) is 11.3 Å². The Bertz CT molecular complexity index is 649. The molecule has 1 aliphatic carbocycles. The fraction of sp³-hybridized carbons (Fsp3) is 0.773. The molecule has 1 saturated carbocycles. The Balaban J connectivity index is 1.23. The van der Waals surface area contributed by atoms with Crippen molar-refractivity contribution in [2.45, 2.75) is 76.9 Å². The summed E-state index contributed by atoms with van der Waals surface area (Å²) in [5.74, 6) is 1.80. The number of rotatable bonds is 6. The van der Waals surface area contributed by atoms with Gasteiger partial charge in [-0.05, 0) is 58.2 Å². The summed E-state index contributed by atoms with van der Waals surface area (Å²) in [6.07, 6.45) is 10.9. The number of hydrogen-bond donors (Lipinski definition) is 1. The number of carbonyl (C=O) groups is 1. The van der Waals surface area contributed by atoms with E-state index in [0.717, 1.165) is 51.4 Å². The molecule has 2 aliphatic heterocycles. The van der Waals surface area contributed by atoms with Crippen molar-refractivity contribution in [1.82, 2.24) is 25.1 Å². The number of amides is 1. The van der Waals surface area contributed by atoms with Crippen LogP contribution in [0.5, 0.6) is 0 Å². The molecule has 6 nitrogen and oxygen atoms in total. The van der Waals surface area contributed by atoms with Crippen LogP contribution < -0.4 is 5.32 Å². The van der Waals surface area contributed by atoms with Gasteiger partial charge in [-0.2, -0.15) is 0 Å². The van der Waals surface area contributed by atoms with Crippen molar-refractivity contribution in [2.24, 2.45) is 5.92 Å². The predicted octanol–water partition coefficient (Wildman–Crippen LogP) is 2.56. The average Bonchev–Trinajstić information content (AvgIpc) is 3.53. The first-order chi connectivity index (χ1) is 13.6. The minimum atomic E-state index is 0.198. The maximum Gasteiger partial charge on any atom is 0.224 e. The average molecular weight is 386 g/mol. The van der Waals surface area contributed by atoms with Gasteiger partial charge in [0.1, 0.15) is 5.82 Å². The Morgan fingerprint density at radius 2 is 1.82 bits per heavy atom. The largest absolute Gasteiger partial charge is 0.353 e. The zero-order chi connectivity index (χ0) is 19.5. The molecule has 6 heteroatoms. The summed E-state index contributed by atoms with van der Waals surface area (Å²) >= 11 is 0. The topological polar surface area (TPSA) is 61.4 Å². The van der Waals surface area contributed by atoms with Gasteiger partial charge in [0.05, 0.1) is 5.92 Å². The van der Waals surface area contributed by atoms with E-state index in [-0.39, 0.29) is 5.92 Å². The zero-order valence-corrected chi connectivity index (χ0v) is 17.4. The fourth-order valence-corrected chi connectivity index (χ4v) is 4.54. The lowest BCUT2D eigenvalue weighted by molar-refractivity contribution is -0.127. The van der Waals surface area contributed by atoms with Crippen molar-refractivity contribution in [3.8, 4) is 0 Å². The Morgan fingerprint density at radius 3 is 2.46 bits per heavy atom. The number of nitrogens with one attached hydrogen (secondary N) is 1. The standard InChI is InChI=1S/C22H35N5O/c1-16(2)21-23-12-17(13-24-21)14-26-10-7-20(8-11-26)27-9-3-4-18(15-27)22(28)25-19-5-6-19/h12-13,16,18-20H,3-11,14-15H2,1-2H3,(H,25,28). The third kappa shape index (κ3) is 5.09. The minimum absolute atomic E-state index is 0.198. The van der Waals surface area contributed by atoms with Crippen LogP contribution >= 0.6 is 0 Å². The first-order valence-corrected chi connectivity index (χ1v) is 11.2. The SMILES string of the molecule is CC(C)c1ncc(CN2CCC(N3CCCC(C(=O)NC4CC4)C3)CC2)cn1. The van der Waals surface area contributed by atoms with E-state index in [1.807, 2.05) is 12.4 Å². The lowest BCUT2D eigenvalue weighted by Crippen LogP contribution is -2.50. The van der Waals surface area contributed by atoms with E-state index < -0.39 is 0 Å². The summed E-state index contributed by atoms with van der Waals surface area (Å²) in [5, 5.41) is 3.21. The molecular formula is C22H35N5O. The first kappa shape index (κ1) is 19.8. The van der Waals surface area contributed by atoms with Crippen molar-refractivity contribution in [2.75, 3.05) is 26.2 Å². The van der Waals surface area contributed by atoms with Crippen LogP contribution in [-0.4, -0.2) is 63.9 Å². The molecule has 1 aromatic heterocycles. The van der Waals surface area contributed by atoms with Gasteiger partial charge in [0.25, 0.3) is 0 Å². The quantitative estimate of drug-likeness (QED) is 0.815. The normalized spacial score (nSPS) is 25.2. The molecule has 1 unspecified atom stereocenters. The van der Waals surface area contributed by atoms with Crippen LogP contribution in [0.1, 0.15) is 69.7 Å². The van der Waals surface area contributed by atoms with Gasteiger partial charge in [0.15, 0.2) is 0 Å². The second-order valence-electron chi connectivity index (χ2n) is 9.23. The van der Waals surface area contributed by atoms with E-state index in [0.29, 0.717) is 23.9 Å². The number of piperidine rings is 2. The van der Waals surface area contributed by atoms with Crippen LogP contribution in [0.4, 0.5) is 0 Å². The Labute approximate surface area is 169 Å². The molecule has 0 spiro atoms. The van der Waals surface area contributed by atoms with Crippen molar-refractivity contribution >= 4 is 5.91 Å². The van der Waals surface area contributed by atoms with E-state index in [1.165, 1.54) is 31.2 Å². The van der Waals surface area contributed by atoms with Gasteiger partial charge in [0.2, 0.25) is 5.91 Å². The van der Waals surface area contributed by atoms with Crippen LogP contribution in [0.3, 0.4) is 0 Å². The molecule has 3 fully saturated rings. The molecular weight excluding hydrogens is 350 g/mol. The van der Waals surface area contributed by atoms with E-state index >= 15 is 0 Å². The monoisotopic (exact) mass is 385 g/mol. The van der Waals surface area contributed by atoms with E-state index in [1.54, 1.807) is 0 Å².